The van der Waals surface area contributed by atoms with Gasteiger partial charge in [-0.25, -0.2) is 0 Å². The second-order valence-corrected chi connectivity index (χ2v) is 6.90. The highest BCUT2D eigenvalue weighted by atomic mass is 16.5. The van der Waals surface area contributed by atoms with E-state index in [9.17, 15) is 0 Å². The Labute approximate surface area is 129 Å². The van der Waals surface area contributed by atoms with Crippen LogP contribution in [0.4, 0.5) is 0 Å². The Morgan fingerprint density at radius 3 is 2.38 bits per heavy atom. The smallest absolute Gasteiger partial charge is 0.118 e. The number of benzene rings is 1. The molecule has 0 radical (unpaired) electrons. The summed E-state index contributed by atoms with van der Waals surface area (Å²) in [5.41, 5.74) is 1.52. The third-order valence-corrected chi connectivity index (χ3v) is 5.71. The van der Waals surface area contributed by atoms with Crippen LogP contribution in [0.15, 0.2) is 36.4 Å². The van der Waals surface area contributed by atoms with Crippen molar-refractivity contribution < 1.29 is 4.74 Å². The van der Waals surface area contributed by atoms with Crippen molar-refractivity contribution in [1.82, 2.24) is 0 Å². The van der Waals surface area contributed by atoms with Crippen molar-refractivity contribution in [2.75, 3.05) is 7.11 Å². The lowest BCUT2D eigenvalue weighted by molar-refractivity contribution is 0.133. The molecule has 1 heteroatoms. The van der Waals surface area contributed by atoms with Crippen LogP contribution < -0.4 is 4.74 Å². The Bertz CT molecular complexity index is 473. The molecule has 114 valence electrons. The zero-order chi connectivity index (χ0) is 14.7. The topological polar surface area (TPSA) is 9.23 Å². The van der Waals surface area contributed by atoms with Crippen LogP contribution in [0.5, 0.6) is 5.75 Å². The van der Waals surface area contributed by atoms with Gasteiger partial charge in [-0.05, 0) is 86.8 Å². The first-order valence-electron chi connectivity index (χ1n) is 8.57. The van der Waals surface area contributed by atoms with Gasteiger partial charge in [-0.2, -0.15) is 0 Å². The Kier molecular flexibility index (Phi) is 4.67. The molecule has 0 spiro atoms. The highest BCUT2D eigenvalue weighted by molar-refractivity contribution is 5.29. The summed E-state index contributed by atoms with van der Waals surface area (Å²) in [6.07, 6.45) is 13.2. The quantitative estimate of drug-likeness (QED) is 0.659. The third kappa shape index (κ3) is 3.33. The van der Waals surface area contributed by atoms with Gasteiger partial charge in [0.15, 0.2) is 0 Å². The molecule has 0 amide bonds. The van der Waals surface area contributed by atoms with Crippen LogP contribution in [0.2, 0.25) is 0 Å². The average molecular weight is 284 g/mol. The van der Waals surface area contributed by atoms with Crippen molar-refractivity contribution in [3.63, 3.8) is 0 Å². The highest BCUT2D eigenvalue weighted by Gasteiger charge is 2.35. The van der Waals surface area contributed by atoms with Gasteiger partial charge in [0.25, 0.3) is 0 Å². The monoisotopic (exact) mass is 284 g/mol. The summed E-state index contributed by atoms with van der Waals surface area (Å²) in [4.78, 5) is 0. The lowest BCUT2D eigenvalue weighted by Crippen LogP contribution is -2.30. The summed E-state index contributed by atoms with van der Waals surface area (Å²) >= 11 is 0. The van der Waals surface area contributed by atoms with E-state index in [1.54, 1.807) is 7.11 Å². The van der Waals surface area contributed by atoms with Crippen LogP contribution in [0.3, 0.4) is 0 Å². The van der Waals surface area contributed by atoms with Crippen molar-refractivity contribution in [2.24, 2.45) is 17.8 Å². The minimum absolute atomic E-state index is 0.774. The summed E-state index contributed by atoms with van der Waals surface area (Å²) < 4.78 is 5.27. The van der Waals surface area contributed by atoms with E-state index in [2.05, 4.69) is 43.3 Å². The van der Waals surface area contributed by atoms with Crippen molar-refractivity contribution >= 4 is 0 Å². The summed E-state index contributed by atoms with van der Waals surface area (Å²) in [6.45, 7) is 2.16. The molecule has 3 rings (SSSR count). The predicted molar refractivity (Wildman–Crippen MR) is 88.7 cm³/mol. The lowest BCUT2D eigenvalue weighted by Gasteiger charge is -2.41. The molecule has 0 bridgehead atoms. The molecule has 2 aliphatic rings. The number of ether oxygens (including phenoxy) is 1. The van der Waals surface area contributed by atoms with E-state index in [-0.39, 0.29) is 0 Å². The van der Waals surface area contributed by atoms with Gasteiger partial charge in [0, 0.05) is 0 Å². The molecule has 0 saturated heterocycles. The number of allylic oxidation sites excluding steroid dienone is 2. The second-order valence-electron chi connectivity index (χ2n) is 6.90. The van der Waals surface area contributed by atoms with Crippen LogP contribution in [0.1, 0.15) is 56.9 Å². The first-order valence-corrected chi connectivity index (χ1v) is 8.57. The first-order chi connectivity index (χ1) is 10.3. The Morgan fingerprint density at radius 1 is 0.952 bits per heavy atom. The normalized spacial score (nSPS) is 32.9. The Balaban J connectivity index is 1.62. The molecule has 4 unspecified atom stereocenters. The van der Waals surface area contributed by atoms with Crippen molar-refractivity contribution in [2.45, 2.75) is 51.4 Å². The number of fused-ring (bicyclic) bond motifs is 1. The van der Waals surface area contributed by atoms with Gasteiger partial charge in [0.05, 0.1) is 7.11 Å². The molecule has 21 heavy (non-hydrogen) atoms. The maximum absolute atomic E-state index is 5.27. The van der Waals surface area contributed by atoms with Gasteiger partial charge in [-0.3, -0.25) is 0 Å². The first kappa shape index (κ1) is 14.7. The SMILES string of the molecule is C/C=C/C1CCC2CC(c3ccc(OC)cc3)CCC2C1. The standard InChI is InChI=1S/C20H28O/c1-3-4-15-5-6-19-14-18(8-7-17(19)13-15)16-9-11-20(21-2)12-10-16/h3-4,9-12,15,17-19H,5-8,13-14H2,1-2H3/b4-3+. The van der Waals surface area contributed by atoms with Gasteiger partial charge < -0.3 is 4.74 Å². The van der Waals surface area contributed by atoms with Gasteiger partial charge in [-0.15, -0.1) is 0 Å². The third-order valence-electron chi connectivity index (χ3n) is 5.71. The molecular weight excluding hydrogens is 256 g/mol. The summed E-state index contributed by atoms with van der Waals surface area (Å²) in [5, 5.41) is 0. The fourth-order valence-corrected chi connectivity index (χ4v) is 4.55. The van der Waals surface area contributed by atoms with Crippen LogP contribution >= 0.6 is 0 Å². The van der Waals surface area contributed by atoms with Gasteiger partial charge in [-0.1, -0.05) is 24.3 Å². The molecule has 0 aliphatic heterocycles. The molecule has 1 aromatic rings. The lowest BCUT2D eigenvalue weighted by atomic mass is 9.64. The average Bonchev–Trinajstić information content (AvgIpc) is 2.55. The molecule has 2 saturated carbocycles. The fraction of sp³-hybridized carbons (Fsp3) is 0.600. The molecular formula is C20H28O. The number of methoxy groups -OCH3 is 1. The number of rotatable bonds is 3. The minimum atomic E-state index is 0.774. The Hall–Kier alpha value is -1.24. The van der Waals surface area contributed by atoms with E-state index < -0.39 is 0 Å². The summed E-state index contributed by atoms with van der Waals surface area (Å²) in [7, 11) is 1.74. The van der Waals surface area contributed by atoms with Crippen molar-refractivity contribution in [3.05, 3.63) is 42.0 Å². The molecule has 0 heterocycles. The van der Waals surface area contributed by atoms with Gasteiger partial charge in [0.1, 0.15) is 5.75 Å². The number of hydrogen-bond acceptors (Lipinski definition) is 1. The number of hydrogen-bond donors (Lipinski definition) is 0. The summed E-state index contributed by atoms with van der Waals surface area (Å²) in [5.74, 6) is 4.55. The summed E-state index contributed by atoms with van der Waals surface area (Å²) in [6, 6.07) is 8.78. The molecule has 4 atom stereocenters. The minimum Gasteiger partial charge on any atom is -0.497 e. The van der Waals surface area contributed by atoms with Crippen LogP contribution in [-0.2, 0) is 0 Å². The molecule has 0 aromatic heterocycles. The van der Waals surface area contributed by atoms with E-state index in [0.717, 1.165) is 29.4 Å². The Morgan fingerprint density at radius 2 is 1.67 bits per heavy atom. The van der Waals surface area contributed by atoms with Crippen LogP contribution in [0, 0.1) is 17.8 Å². The molecule has 2 aliphatic carbocycles. The molecule has 0 N–H and O–H groups in total. The molecule has 1 aromatic carbocycles. The van der Waals surface area contributed by atoms with Crippen LogP contribution in [0.25, 0.3) is 0 Å². The van der Waals surface area contributed by atoms with E-state index in [1.807, 2.05) is 0 Å². The zero-order valence-electron chi connectivity index (χ0n) is 13.4. The largest absolute Gasteiger partial charge is 0.497 e. The van der Waals surface area contributed by atoms with Crippen molar-refractivity contribution in [3.8, 4) is 5.75 Å². The van der Waals surface area contributed by atoms with E-state index in [1.165, 1.54) is 44.1 Å². The van der Waals surface area contributed by atoms with E-state index in [0.29, 0.717) is 0 Å². The van der Waals surface area contributed by atoms with Crippen molar-refractivity contribution in [1.29, 1.82) is 0 Å². The van der Waals surface area contributed by atoms with Gasteiger partial charge in [0.2, 0.25) is 0 Å². The van der Waals surface area contributed by atoms with E-state index in [4.69, 9.17) is 4.74 Å². The van der Waals surface area contributed by atoms with E-state index >= 15 is 0 Å². The van der Waals surface area contributed by atoms with Crippen LogP contribution in [-0.4, -0.2) is 7.11 Å². The fourth-order valence-electron chi connectivity index (χ4n) is 4.55. The molecule has 1 nitrogen and oxygen atoms in total. The highest BCUT2D eigenvalue weighted by Crippen LogP contribution is 2.47. The maximum atomic E-state index is 5.27. The van der Waals surface area contributed by atoms with Gasteiger partial charge >= 0.3 is 0 Å². The maximum Gasteiger partial charge on any atom is 0.118 e. The molecule has 2 fully saturated rings. The second kappa shape index (κ2) is 6.68. The zero-order valence-corrected chi connectivity index (χ0v) is 13.4. The predicted octanol–water partition coefficient (Wildman–Crippen LogP) is 5.57.